The first-order valence-corrected chi connectivity index (χ1v) is 8.32. The molecule has 6 heteroatoms. The van der Waals surface area contributed by atoms with E-state index in [1.807, 2.05) is 44.1 Å². The fraction of sp³-hybridized carbons (Fsp3) is 0.647. The van der Waals surface area contributed by atoms with E-state index in [4.69, 9.17) is 4.74 Å². The van der Waals surface area contributed by atoms with Gasteiger partial charge in [-0.1, -0.05) is 0 Å². The Hall–Kier alpha value is -1.98. The lowest BCUT2D eigenvalue weighted by Crippen LogP contribution is -2.50. The molecule has 126 valence electrons. The monoisotopic (exact) mass is 318 g/mol. The van der Waals surface area contributed by atoms with E-state index in [1.54, 1.807) is 0 Å². The average Bonchev–Trinajstić information content (AvgIpc) is 2.81. The Morgan fingerprint density at radius 3 is 2.70 bits per heavy atom. The SMILES string of the molecule is CC1Nc2ccncc2N1C1CCN(C(=O)OC(C)(C)C)CC1. The topological polar surface area (TPSA) is 57.7 Å². The Morgan fingerprint density at radius 1 is 1.35 bits per heavy atom. The smallest absolute Gasteiger partial charge is 0.410 e. The fourth-order valence-electron chi connectivity index (χ4n) is 3.38. The number of anilines is 2. The molecule has 3 rings (SSSR count). The normalized spacial score (nSPS) is 21.8. The molecule has 1 saturated heterocycles. The highest BCUT2D eigenvalue weighted by atomic mass is 16.6. The van der Waals surface area contributed by atoms with Crippen LogP contribution in [0.4, 0.5) is 16.2 Å². The molecule has 0 saturated carbocycles. The highest BCUT2D eigenvalue weighted by Crippen LogP contribution is 2.37. The Labute approximate surface area is 137 Å². The molecule has 1 aromatic rings. The van der Waals surface area contributed by atoms with Gasteiger partial charge in [0.2, 0.25) is 0 Å². The molecule has 1 aromatic heterocycles. The van der Waals surface area contributed by atoms with Crippen LogP contribution in [0.15, 0.2) is 18.5 Å². The van der Waals surface area contributed by atoms with Gasteiger partial charge >= 0.3 is 6.09 Å². The van der Waals surface area contributed by atoms with Crippen LogP contribution in [0, 0.1) is 0 Å². The Bertz CT molecular complexity index is 576. The van der Waals surface area contributed by atoms with Crippen LogP contribution in [0.3, 0.4) is 0 Å². The predicted molar refractivity (Wildman–Crippen MR) is 90.6 cm³/mol. The number of fused-ring (bicyclic) bond motifs is 1. The van der Waals surface area contributed by atoms with E-state index in [-0.39, 0.29) is 12.3 Å². The number of nitrogens with zero attached hydrogens (tertiary/aromatic N) is 3. The van der Waals surface area contributed by atoms with Crippen LogP contribution >= 0.6 is 0 Å². The van der Waals surface area contributed by atoms with Crippen LogP contribution < -0.4 is 10.2 Å². The second kappa shape index (κ2) is 5.91. The lowest BCUT2D eigenvalue weighted by molar-refractivity contribution is 0.0204. The van der Waals surface area contributed by atoms with Gasteiger partial charge in [0.25, 0.3) is 0 Å². The third-order valence-electron chi connectivity index (χ3n) is 4.37. The van der Waals surface area contributed by atoms with Crippen molar-refractivity contribution in [2.24, 2.45) is 0 Å². The lowest BCUT2D eigenvalue weighted by atomic mass is 10.0. The number of nitrogens with one attached hydrogen (secondary N) is 1. The van der Waals surface area contributed by atoms with Crippen LogP contribution in [-0.2, 0) is 4.74 Å². The zero-order chi connectivity index (χ0) is 16.6. The predicted octanol–water partition coefficient (Wildman–Crippen LogP) is 3.06. The maximum atomic E-state index is 12.2. The molecule has 6 nitrogen and oxygen atoms in total. The summed E-state index contributed by atoms with van der Waals surface area (Å²) in [5.41, 5.74) is 1.86. The van der Waals surface area contributed by atoms with Crippen LogP contribution in [0.5, 0.6) is 0 Å². The van der Waals surface area contributed by atoms with Gasteiger partial charge in [-0.15, -0.1) is 0 Å². The number of hydrogen-bond donors (Lipinski definition) is 1. The maximum Gasteiger partial charge on any atom is 0.410 e. The summed E-state index contributed by atoms with van der Waals surface area (Å²) in [4.78, 5) is 20.6. The largest absolute Gasteiger partial charge is 0.444 e. The number of hydrogen-bond acceptors (Lipinski definition) is 5. The Kier molecular flexibility index (Phi) is 4.08. The molecule has 1 fully saturated rings. The fourth-order valence-corrected chi connectivity index (χ4v) is 3.38. The molecule has 2 aliphatic rings. The summed E-state index contributed by atoms with van der Waals surface area (Å²) >= 11 is 0. The van der Waals surface area contributed by atoms with Crippen molar-refractivity contribution in [2.45, 2.75) is 58.3 Å². The van der Waals surface area contributed by atoms with E-state index in [1.165, 1.54) is 0 Å². The third kappa shape index (κ3) is 3.35. The lowest BCUT2D eigenvalue weighted by Gasteiger charge is -2.39. The molecule has 1 unspecified atom stereocenters. The summed E-state index contributed by atoms with van der Waals surface area (Å²) in [6.07, 6.45) is 5.68. The minimum absolute atomic E-state index is 0.203. The zero-order valence-corrected chi connectivity index (χ0v) is 14.4. The summed E-state index contributed by atoms with van der Waals surface area (Å²) < 4.78 is 5.47. The number of carbonyl (C=O) groups excluding carboxylic acids is 1. The van der Waals surface area contributed by atoms with Crippen molar-refractivity contribution in [3.05, 3.63) is 18.5 Å². The van der Waals surface area contributed by atoms with E-state index >= 15 is 0 Å². The molecule has 1 atom stereocenters. The molecular weight excluding hydrogens is 292 g/mol. The summed E-state index contributed by atoms with van der Waals surface area (Å²) in [6.45, 7) is 9.34. The van der Waals surface area contributed by atoms with Crippen molar-refractivity contribution in [1.29, 1.82) is 0 Å². The first-order chi connectivity index (χ1) is 10.8. The Balaban J connectivity index is 1.62. The first kappa shape index (κ1) is 15.9. The second-order valence-corrected chi connectivity index (χ2v) is 7.32. The molecule has 1 N–H and O–H groups in total. The number of piperidine rings is 1. The number of likely N-dealkylation sites (tertiary alicyclic amines) is 1. The summed E-state index contributed by atoms with van der Waals surface area (Å²) in [7, 11) is 0. The van der Waals surface area contributed by atoms with Gasteiger partial charge in [0.05, 0.1) is 23.7 Å². The number of amides is 1. The summed E-state index contributed by atoms with van der Waals surface area (Å²) in [5, 5.41) is 3.49. The molecule has 0 spiro atoms. The quantitative estimate of drug-likeness (QED) is 0.862. The highest BCUT2D eigenvalue weighted by molar-refractivity contribution is 5.75. The van der Waals surface area contributed by atoms with Crippen molar-refractivity contribution in [3.8, 4) is 0 Å². The van der Waals surface area contributed by atoms with Crippen molar-refractivity contribution in [3.63, 3.8) is 0 Å². The number of aromatic nitrogens is 1. The van der Waals surface area contributed by atoms with E-state index in [2.05, 4.69) is 22.1 Å². The minimum atomic E-state index is -0.439. The van der Waals surface area contributed by atoms with Gasteiger partial charge in [-0.05, 0) is 46.6 Å². The average molecular weight is 318 g/mol. The second-order valence-electron chi connectivity index (χ2n) is 7.32. The van der Waals surface area contributed by atoms with Gasteiger partial charge in [-0.3, -0.25) is 4.98 Å². The van der Waals surface area contributed by atoms with Crippen LogP contribution in [0.2, 0.25) is 0 Å². The van der Waals surface area contributed by atoms with Crippen LogP contribution in [-0.4, -0.2) is 46.9 Å². The summed E-state index contributed by atoms with van der Waals surface area (Å²) in [6, 6.07) is 2.43. The molecular formula is C17H26N4O2. The van der Waals surface area contributed by atoms with Crippen molar-refractivity contribution in [2.75, 3.05) is 23.3 Å². The van der Waals surface area contributed by atoms with Gasteiger partial charge in [0.15, 0.2) is 0 Å². The van der Waals surface area contributed by atoms with Crippen molar-refractivity contribution in [1.82, 2.24) is 9.88 Å². The number of rotatable bonds is 1. The summed E-state index contributed by atoms with van der Waals surface area (Å²) in [5.74, 6) is 0. The van der Waals surface area contributed by atoms with Crippen LogP contribution in [0.25, 0.3) is 0 Å². The molecule has 0 aromatic carbocycles. The number of ether oxygens (including phenoxy) is 1. The zero-order valence-electron chi connectivity index (χ0n) is 14.4. The van der Waals surface area contributed by atoms with Gasteiger partial charge < -0.3 is 19.9 Å². The number of pyridine rings is 1. The van der Waals surface area contributed by atoms with Crippen molar-refractivity contribution < 1.29 is 9.53 Å². The minimum Gasteiger partial charge on any atom is -0.444 e. The van der Waals surface area contributed by atoms with E-state index in [0.29, 0.717) is 6.04 Å². The molecule has 0 radical (unpaired) electrons. The third-order valence-corrected chi connectivity index (χ3v) is 4.37. The van der Waals surface area contributed by atoms with Crippen LogP contribution in [0.1, 0.15) is 40.5 Å². The molecule has 0 aliphatic carbocycles. The van der Waals surface area contributed by atoms with Gasteiger partial charge in [0.1, 0.15) is 5.60 Å². The highest BCUT2D eigenvalue weighted by Gasteiger charge is 2.35. The molecule has 2 aliphatic heterocycles. The molecule has 0 bridgehead atoms. The van der Waals surface area contributed by atoms with E-state index < -0.39 is 5.60 Å². The van der Waals surface area contributed by atoms with Gasteiger partial charge in [0, 0.05) is 25.3 Å². The molecule has 23 heavy (non-hydrogen) atoms. The van der Waals surface area contributed by atoms with E-state index in [0.717, 1.165) is 37.3 Å². The molecule has 1 amide bonds. The standard InChI is InChI=1S/C17H26N4O2/c1-12-19-14-5-8-18-11-15(14)21(12)13-6-9-20(10-7-13)16(22)23-17(2,3)4/h5,8,11-13,19H,6-7,9-10H2,1-4H3. The Morgan fingerprint density at radius 2 is 2.04 bits per heavy atom. The first-order valence-electron chi connectivity index (χ1n) is 8.32. The number of carbonyl (C=O) groups is 1. The maximum absolute atomic E-state index is 12.2. The van der Waals surface area contributed by atoms with Crippen molar-refractivity contribution >= 4 is 17.5 Å². The van der Waals surface area contributed by atoms with E-state index in [9.17, 15) is 4.79 Å². The molecule has 3 heterocycles. The van der Waals surface area contributed by atoms with Gasteiger partial charge in [-0.25, -0.2) is 4.79 Å². The van der Waals surface area contributed by atoms with Gasteiger partial charge in [-0.2, -0.15) is 0 Å².